The summed E-state index contributed by atoms with van der Waals surface area (Å²) < 4.78 is 1.83. The fourth-order valence-electron chi connectivity index (χ4n) is 2.84. The molecule has 0 radical (unpaired) electrons. The molecule has 0 unspecified atom stereocenters. The lowest BCUT2D eigenvalue weighted by atomic mass is 10.0. The third-order valence-electron chi connectivity index (χ3n) is 4.04. The minimum atomic E-state index is 0.0250. The van der Waals surface area contributed by atoms with Gasteiger partial charge in [0, 0.05) is 29.9 Å². The number of thiazole rings is 1. The van der Waals surface area contributed by atoms with E-state index in [0.717, 1.165) is 36.5 Å². The molecule has 0 spiro atoms. The SMILES string of the molecule is Cc1csc([C@H]2CCCCN2C(=O)c2ccn(C(C)C)n2)n1. The van der Waals surface area contributed by atoms with E-state index in [4.69, 9.17) is 0 Å². The fourth-order valence-corrected chi connectivity index (χ4v) is 3.79. The van der Waals surface area contributed by atoms with Crippen LogP contribution < -0.4 is 0 Å². The summed E-state index contributed by atoms with van der Waals surface area (Å²) in [6.45, 7) is 6.91. The number of nitrogens with zero attached hydrogens (tertiary/aromatic N) is 4. The van der Waals surface area contributed by atoms with Gasteiger partial charge in [-0.2, -0.15) is 5.10 Å². The molecule has 0 N–H and O–H groups in total. The standard InChI is InChI=1S/C16H22N4OS/c1-11(2)20-9-7-13(18-20)16(21)19-8-5-4-6-14(19)15-17-12(3)10-22-15/h7,9-11,14H,4-6,8H2,1-3H3/t14-/m1/s1. The molecule has 118 valence electrons. The molecule has 1 amide bonds. The van der Waals surface area contributed by atoms with Crippen LogP contribution in [0.4, 0.5) is 0 Å². The molecule has 1 aliphatic heterocycles. The van der Waals surface area contributed by atoms with Crippen LogP contribution in [-0.2, 0) is 0 Å². The molecule has 0 aromatic carbocycles. The van der Waals surface area contributed by atoms with Crippen molar-refractivity contribution in [2.75, 3.05) is 6.54 Å². The van der Waals surface area contributed by atoms with Gasteiger partial charge in [0.2, 0.25) is 0 Å². The normalized spacial score (nSPS) is 18.9. The first-order valence-corrected chi connectivity index (χ1v) is 8.72. The van der Waals surface area contributed by atoms with Crippen LogP contribution in [0.25, 0.3) is 0 Å². The summed E-state index contributed by atoms with van der Waals surface area (Å²) in [5, 5.41) is 7.53. The van der Waals surface area contributed by atoms with E-state index < -0.39 is 0 Å². The molecule has 22 heavy (non-hydrogen) atoms. The van der Waals surface area contributed by atoms with E-state index in [-0.39, 0.29) is 18.0 Å². The summed E-state index contributed by atoms with van der Waals surface area (Å²) in [4.78, 5) is 19.4. The predicted molar refractivity (Wildman–Crippen MR) is 87.1 cm³/mol. The smallest absolute Gasteiger partial charge is 0.274 e. The van der Waals surface area contributed by atoms with Crippen LogP contribution >= 0.6 is 11.3 Å². The minimum absolute atomic E-state index is 0.0250. The zero-order valence-corrected chi connectivity index (χ0v) is 14.1. The molecule has 2 aromatic heterocycles. The van der Waals surface area contributed by atoms with Crippen molar-refractivity contribution in [2.45, 2.75) is 52.1 Å². The second-order valence-corrected chi connectivity index (χ2v) is 7.00. The molecule has 1 atom stereocenters. The number of aryl methyl sites for hydroxylation is 1. The second kappa shape index (κ2) is 6.20. The van der Waals surface area contributed by atoms with Gasteiger partial charge in [0.1, 0.15) is 10.7 Å². The number of likely N-dealkylation sites (tertiary alicyclic amines) is 1. The van der Waals surface area contributed by atoms with Crippen LogP contribution in [0.2, 0.25) is 0 Å². The van der Waals surface area contributed by atoms with Gasteiger partial charge in [-0.05, 0) is 46.1 Å². The highest BCUT2D eigenvalue weighted by Gasteiger charge is 2.31. The number of aromatic nitrogens is 3. The Kier molecular flexibility index (Phi) is 4.29. The largest absolute Gasteiger partial charge is 0.328 e. The number of amides is 1. The third-order valence-corrected chi connectivity index (χ3v) is 5.11. The molecule has 3 heterocycles. The number of carbonyl (C=O) groups excluding carboxylic acids is 1. The Hall–Kier alpha value is -1.69. The maximum atomic E-state index is 12.9. The first kappa shape index (κ1) is 15.2. The first-order chi connectivity index (χ1) is 10.6. The maximum Gasteiger partial charge on any atom is 0.274 e. The van der Waals surface area contributed by atoms with Gasteiger partial charge in [-0.3, -0.25) is 9.48 Å². The number of carbonyl (C=O) groups is 1. The van der Waals surface area contributed by atoms with Crippen LogP contribution in [0.5, 0.6) is 0 Å². The van der Waals surface area contributed by atoms with Gasteiger partial charge in [0.25, 0.3) is 5.91 Å². The average Bonchev–Trinajstić information content (AvgIpc) is 3.15. The molecule has 2 aromatic rings. The van der Waals surface area contributed by atoms with Crippen LogP contribution in [0.3, 0.4) is 0 Å². The third kappa shape index (κ3) is 2.92. The topological polar surface area (TPSA) is 51.0 Å². The van der Waals surface area contributed by atoms with Gasteiger partial charge in [0.05, 0.1) is 6.04 Å². The van der Waals surface area contributed by atoms with Gasteiger partial charge >= 0.3 is 0 Å². The number of hydrogen-bond donors (Lipinski definition) is 0. The van der Waals surface area contributed by atoms with Crippen molar-refractivity contribution in [3.8, 4) is 0 Å². The Morgan fingerprint density at radius 1 is 1.41 bits per heavy atom. The van der Waals surface area contributed by atoms with E-state index in [9.17, 15) is 4.79 Å². The Labute approximate surface area is 135 Å². The number of hydrogen-bond acceptors (Lipinski definition) is 4. The lowest BCUT2D eigenvalue weighted by Gasteiger charge is -2.34. The van der Waals surface area contributed by atoms with Crippen LogP contribution in [0.15, 0.2) is 17.6 Å². The number of rotatable bonds is 3. The molecule has 6 heteroatoms. The van der Waals surface area contributed by atoms with Crippen LogP contribution in [-0.4, -0.2) is 32.1 Å². The molecule has 1 aliphatic rings. The highest BCUT2D eigenvalue weighted by atomic mass is 32.1. The Morgan fingerprint density at radius 3 is 2.86 bits per heavy atom. The lowest BCUT2D eigenvalue weighted by molar-refractivity contribution is 0.0604. The average molecular weight is 318 g/mol. The molecular formula is C16H22N4OS. The van der Waals surface area contributed by atoms with Crippen molar-refractivity contribution in [2.24, 2.45) is 0 Å². The molecule has 5 nitrogen and oxygen atoms in total. The van der Waals surface area contributed by atoms with Gasteiger partial charge in [-0.1, -0.05) is 0 Å². The van der Waals surface area contributed by atoms with E-state index in [0.29, 0.717) is 5.69 Å². The highest BCUT2D eigenvalue weighted by molar-refractivity contribution is 7.09. The van der Waals surface area contributed by atoms with E-state index in [1.54, 1.807) is 11.3 Å². The summed E-state index contributed by atoms with van der Waals surface area (Å²) in [7, 11) is 0. The van der Waals surface area contributed by atoms with E-state index >= 15 is 0 Å². The highest BCUT2D eigenvalue weighted by Crippen LogP contribution is 2.33. The maximum absolute atomic E-state index is 12.9. The van der Waals surface area contributed by atoms with Crippen molar-refractivity contribution >= 4 is 17.2 Å². The quantitative estimate of drug-likeness (QED) is 0.869. The zero-order chi connectivity index (χ0) is 15.7. The van der Waals surface area contributed by atoms with E-state index in [1.807, 2.05) is 28.8 Å². The van der Waals surface area contributed by atoms with Gasteiger partial charge in [-0.15, -0.1) is 11.3 Å². The summed E-state index contributed by atoms with van der Waals surface area (Å²) in [6, 6.07) is 2.19. The molecule has 3 rings (SSSR count). The summed E-state index contributed by atoms with van der Waals surface area (Å²) in [5.41, 5.74) is 1.57. The predicted octanol–water partition coefficient (Wildman–Crippen LogP) is 3.60. The molecule has 0 aliphatic carbocycles. The fraction of sp³-hybridized carbons (Fsp3) is 0.562. The summed E-state index contributed by atoms with van der Waals surface area (Å²) >= 11 is 1.65. The number of piperidine rings is 1. The van der Waals surface area contributed by atoms with E-state index in [2.05, 4.69) is 29.3 Å². The molecule has 1 saturated heterocycles. The zero-order valence-electron chi connectivity index (χ0n) is 13.3. The van der Waals surface area contributed by atoms with Crippen molar-refractivity contribution in [3.63, 3.8) is 0 Å². The monoisotopic (exact) mass is 318 g/mol. The Morgan fingerprint density at radius 2 is 2.23 bits per heavy atom. The van der Waals surface area contributed by atoms with Crippen molar-refractivity contribution < 1.29 is 4.79 Å². The molecule has 0 saturated carbocycles. The molecule has 0 bridgehead atoms. The van der Waals surface area contributed by atoms with Gasteiger partial charge in [-0.25, -0.2) is 4.98 Å². The van der Waals surface area contributed by atoms with Gasteiger partial charge < -0.3 is 4.90 Å². The lowest BCUT2D eigenvalue weighted by Crippen LogP contribution is -2.38. The Balaban J connectivity index is 1.84. The van der Waals surface area contributed by atoms with Crippen molar-refractivity contribution in [3.05, 3.63) is 34.0 Å². The van der Waals surface area contributed by atoms with Crippen molar-refractivity contribution in [1.82, 2.24) is 19.7 Å². The second-order valence-electron chi connectivity index (χ2n) is 6.11. The summed E-state index contributed by atoms with van der Waals surface area (Å²) in [6.07, 6.45) is 5.07. The van der Waals surface area contributed by atoms with Gasteiger partial charge in [0.15, 0.2) is 0 Å². The van der Waals surface area contributed by atoms with Crippen molar-refractivity contribution in [1.29, 1.82) is 0 Å². The first-order valence-electron chi connectivity index (χ1n) is 7.84. The molecule has 1 fully saturated rings. The van der Waals surface area contributed by atoms with Crippen LogP contribution in [0, 0.1) is 6.92 Å². The minimum Gasteiger partial charge on any atom is -0.328 e. The van der Waals surface area contributed by atoms with E-state index in [1.165, 1.54) is 0 Å². The Bertz CT molecular complexity index is 661. The summed E-state index contributed by atoms with van der Waals surface area (Å²) in [5.74, 6) is 0.0250. The molecular weight excluding hydrogens is 296 g/mol. The van der Waals surface area contributed by atoms with Crippen LogP contribution in [0.1, 0.15) is 66.4 Å².